The second-order valence-corrected chi connectivity index (χ2v) is 5.96. The van der Waals surface area contributed by atoms with Crippen LogP contribution in [0.1, 0.15) is 18.7 Å². The number of aliphatic hydroxyl groups excluding tert-OH is 1. The quantitative estimate of drug-likeness (QED) is 0.932. The normalized spacial score (nSPS) is 20.2. The molecule has 0 saturated carbocycles. The van der Waals surface area contributed by atoms with Crippen LogP contribution < -0.4 is 0 Å². The van der Waals surface area contributed by atoms with Crippen LogP contribution in [0.25, 0.3) is 11.5 Å². The molecule has 1 atom stereocenters. The van der Waals surface area contributed by atoms with Gasteiger partial charge in [0.1, 0.15) is 0 Å². The maximum atomic E-state index is 9.66. The smallest absolute Gasteiger partial charge is 0.247 e. The van der Waals surface area contributed by atoms with Crippen molar-refractivity contribution in [2.75, 3.05) is 13.1 Å². The maximum absolute atomic E-state index is 9.66. The first-order valence-corrected chi connectivity index (χ1v) is 7.49. The average Bonchev–Trinajstić information content (AvgIpc) is 2.87. The molecule has 1 aromatic heterocycles. The Balaban J connectivity index is 1.70. The van der Waals surface area contributed by atoms with E-state index in [2.05, 4.69) is 31.0 Å². The van der Waals surface area contributed by atoms with Crippen molar-refractivity contribution in [1.82, 2.24) is 15.1 Å². The molecule has 6 heteroatoms. The lowest BCUT2D eigenvalue weighted by atomic mass is 10.1. The summed E-state index contributed by atoms with van der Waals surface area (Å²) >= 11 is 3.43. The Morgan fingerprint density at radius 1 is 1.40 bits per heavy atom. The number of benzene rings is 1. The summed E-state index contributed by atoms with van der Waals surface area (Å²) < 4.78 is 6.68. The minimum Gasteiger partial charge on any atom is -0.419 e. The molecule has 0 radical (unpaired) electrons. The average molecular weight is 338 g/mol. The number of β-amino-alcohol motifs (C(OH)–C–C–N with tert-alkyl or cyclic N) is 1. The Morgan fingerprint density at radius 2 is 2.30 bits per heavy atom. The molecule has 1 aliphatic rings. The summed E-state index contributed by atoms with van der Waals surface area (Å²) in [7, 11) is 0. The Kier molecular flexibility index (Phi) is 4.14. The molecule has 0 spiro atoms. The zero-order chi connectivity index (χ0) is 13.9. The topological polar surface area (TPSA) is 62.4 Å². The number of piperidine rings is 1. The van der Waals surface area contributed by atoms with Crippen LogP contribution >= 0.6 is 15.9 Å². The fourth-order valence-corrected chi connectivity index (χ4v) is 2.82. The van der Waals surface area contributed by atoms with Crippen molar-refractivity contribution in [2.45, 2.75) is 25.5 Å². The van der Waals surface area contributed by atoms with E-state index in [4.69, 9.17) is 4.42 Å². The lowest BCUT2D eigenvalue weighted by Crippen LogP contribution is -2.37. The maximum Gasteiger partial charge on any atom is 0.247 e. The fraction of sp³-hybridized carbons (Fsp3) is 0.429. The molecule has 2 heterocycles. The Labute approximate surface area is 125 Å². The highest BCUT2D eigenvalue weighted by Crippen LogP contribution is 2.22. The van der Waals surface area contributed by atoms with Crippen molar-refractivity contribution >= 4 is 15.9 Å². The van der Waals surface area contributed by atoms with Crippen molar-refractivity contribution in [1.29, 1.82) is 0 Å². The number of aromatic nitrogens is 2. The van der Waals surface area contributed by atoms with E-state index in [1.165, 1.54) is 0 Å². The van der Waals surface area contributed by atoms with Crippen molar-refractivity contribution in [3.05, 3.63) is 34.6 Å². The van der Waals surface area contributed by atoms with Crippen molar-refractivity contribution < 1.29 is 9.52 Å². The summed E-state index contributed by atoms with van der Waals surface area (Å²) in [5.74, 6) is 1.12. The number of halogens is 1. The van der Waals surface area contributed by atoms with Gasteiger partial charge in [-0.05, 0) is 37.6 Å². The minimum atomic E-state index is -0.240. The molecular weight excluding hydrogens is 322 g/mol. The molecule has 1 N–H and O–H groups in total. The summed E-state index contributed by atoms with van der Waals surface area (Å²) in [4.78, 5) is 2.15. The predicted octanol–water partition coefficient (Wildman–Crippen LogP) is 2.46. The summed E-state index contributed by atoms with van der Waals surface area (Å²) in [5.41, 5.74) is 0.900. The lowest BCUT2D eigenvalue weighted by molar-refractivity contribution is 0.0625. The van der Waals surface area contributed by atoms with Gasteiger partial charge >= 0.3 is 0 Å². The molecule has 0 amide bonds. The van der Waals surface area contributed by atoms with Crippen LogP contribution in [0.5, 0.6) is 0 Å². The number of nitrogens with zero attached hydrogens (tertiary/aromatic N) is 3. The first-order valence-electron chi connectivity index (χ1n) is 6.69. The molecule has 3 rings (SSSR count). The molecule has 1 aromatic carbocycles. The van der Waals surface area contributed by atoms with Gasteiger partial charge in [0.2, 0.25) is 11.8 Å². The molecule has 1 unspecified atom stereocenters. The van der Waals surface area contributed by atoms with E-state index in [0.717, 1.165) is 29.4 Å². The van der Waals surface area contributed by atoms with E-state index in [0.29, 0.717) is 24.9 Å². The molecule has 2 aromatic rings. The number of hydrogen-bond acceptors (Lipinski definition) is 5. The van der Waals surface area contributed by atoms with E-state index in [9.17, 15) is 5.11 Å². The van der Waals surface area contributed by atoms with Gasteiger partial charge in [-0.15, -0.1) is 10.2 Å². The standard InChI is InChI=1S/C14H16BrN3O2/c15-11-4-1-3-10(7-11)14-17-16-13(20-14)9-18-6-2-5-12(19)8-18/h1,3-4,7,12,19H,2,5-6,8-9H2. The molecule has 1 fully saturated rings. The second kappa shape index (κ2) is 6.03. The van der Waals surface area contributed by atoms with E-state index in [1.807, 2.05) is 24.3 Å². The van der Waals surface area contributed by atoms with Crippen LogP contribution in [0, 0.1) is 0 Å². The van der Waals surface area contributed by atoms with Crippen LogP contribution in [0.4, 0.5) is 0 Å². The zero-order valence-electron chi connectivity index (χ0n) is 11.0. The SMILES string of the molecule is OC1CCCN(Cc2nnc(-c3cccc(Br)c3)o2)C1. The van der Waals surface area contributed by atoms with Gasteiger partial charge in [0.15, 0.2) is 0 Å². The van der Waals surface area contributed by atoms with Crippen LogP contribution in [0.3, 0.4) is 0 Å². The van der Waals surface area contributed by atoms with Gasteiger partial charge in [0.25, 0.3) is 0 Å². The number of hydrogen-bond donors (Lipinski definition) is 1. The van der Waals surface area contributed by atoms with Gasteiger partial charge in [-0.2, -0.15) is 0 Å². The highest BCUT2D eigenvalue weighted by molar-refractivity contribution is 9.10. The number of likely N-dealkylation sites (tertiary alicyclic amines) is 1. The third-order valence-corrected chi connectivity index (χ3v) is 3.87. The third-order valence-electron chi connectivity index (χ3n) is 3.38. The molecule has 1 saturated heterocycles. The van der Waals surface area contributed by atoms with Gasteiger partial charge in [0, 0.05) is 16.6 Å². The van der Waals surface area contributed by atoms with Gasteiger partial charge in [-0.25, -0.2) is 0 Å². The van der Waals surface area contributed by atoms with Gasteiger partial charge in [0.05, 0.1) is 12.6 Å². The highest BCUT2D eigenvalue weighted by Gasteiger charge is 2.20. The third kappa shape index (κ3) is 3.26. The van der Waals surface area contributed by atoms with Crippen molar-refractivity contribution in [2.24, 2.45) is 0 Å². The Morgan fingerprint density at radius 3 is 3.10 bits per heavy atom. The van der Waals surface area contributed by atoms with Gasteiger partial charge in [-0.1, -0.05) is 22.0 Å². The molecule has 0 aliphatic carbocycles. The van der Waals surface area contributed by atoms with E-state index in [-0.39, 0.29) is 6.10 Å². The Hall–Kier alpha value is -1.24. The fourth-order valence-electron chi connectivity index (χ4n) is 2.42. The molecule has 0 bridgehead atoms. The summed E-state index contributed by atoms with van der Waals surface area (Å²) in [5, 5.41) is 17.8. The molecular formula is C14H16BrN3O2. The van der Waals surface area contributed by atoms with E-state index >= 15 is 0 Å². The summed E-state index contributed by atoms with van der Waals surface area (Å²) in [6, 6.07) is 7.77. The Bertz CT molecular complexity index is 587. The first-order chi connectivity index (χ1) is 9.70. The number of rotatable bonds is 3. The van der Waals surface area contributed by atoms with Crippen LogP contribution in [0.15, 0.2) is 33.2 Å². The molecule has 5 nitrogen and oxygen atoms in total. The van der Waals surface area contributed by atoms with Gasteiger partial charge < -0.3 is 9.52 Å². The minimum absolute atomic E-state index is 0.240. The van der Waals surface area contributed by atoms with Crippen LogP contribution in [-0.4, -0.2) is 39.4 Å². The molecule has 106 valence electrons. The first kappa shape index (κ1) is 13.7. The second-order valence-electron chi connectivity index (χ2n) is 5.04. The van der Waals surface area contributed by atoms with Gasteiger partial charge in [-0.3, -0.25) is 4.90 Å². The summed E-state index contributed by atoms with van der Waals surface area (Å²) in [6.07, 6.45) is 1.65. The van der Waals surface area contributed by atoms with Crippen LogP contribution in [0.2, 0.25) is 0 Å². The largest absolute Gasteiger partial charge is 0.419 e. The van der Waals surface area contributed by atoms with Crippen molar-refractivity contribution in [3.63, 3.8) is 0 Å². The van der Waals surface area contributed by atoms with Crippen LogP contribution in [-0.2, 0) is 6.54 Å². The lowest BCUT2D eigenvalue weighted by Gasteiger charge is -2.28. The predicted molar refractivity (Wildman–Crippen MR) is 78.0 cm³/mol. The number of aliphatic hydroxyl groups is 1. The molecule has 1 aliphatic heterocycles. The summed E-state index contributed by atoms with van der Waals surface area (Å²) in [6.45, 7) is 2.23. The van der Waals surface area contributed by atoms with E-state index < -0.39 is 0 Å². The zero-order valence-corrected chi connectivity index (χ0v) is 12.6. The van der Waals surface area contributed by atoms with Crippen molar-refractivity contribution in [3.8, 4) is 11.5 Å². The van der Waals surface area contributed by atoms with E-state index in [1.54, 1.807) is 0 Å². The molecule has 20 heavy (non-hydrogen) atoms. The monoisotopic (exact) mass is 337 g/mol. The highest BCUT2D eigenvalue weighted by atomic mass is 79.9.